The Morgan fingerprint density at radius 1 is 0.970 bits per heavy atom. The molecule has 1 heterocycles. The maximum Gasteiger partial charge on any atom is 0.300 e. The molecule has 2 N–H and O–H groups in total. The van der Waals surface area contributed by atoms with E-state index in [-0.39, 0.29) is 37.6 Å². The smallest absolute Gasteiger partial charge is 0.300 e. The number of amides is 1. The van der Waals surface area contributed by atoms with Gasteiger partial charge in [0.1, 0.15) is 17.3 Å². The lowest BCUT2D eigenvalue weighted by atomic mass is 9.95. The highest BCUT2D eigenvalue weighted by Gasteiger charge is 2.47. The van der Waals surface area contributed by atoms with Gasteiger partial charge in [0.25, 0.3) is 11.7 Å². The molecule has 0 spiro atoms. The number of benzene rings is 3. The van der Waals surface area contributed by atoms with Gasteiger partial charge in [-0.2, -0.15) is 0 Å². The highest BCUT2D eigenvalue weighted by molar-refractivity contribution is 6.52. The topological polar surface area (TPSA) is 87.1 Å². The zero-order valence-corrected chi connectivity index (χ0v) is 19.3. The molecule has 0 aromatic heterocycles. The lowest BCUT2D eigenvalue weighted by molar-refractivity contribution is -0.132. The molecule has 4 rings (SSSR count). The molecule has 1 aliphatic rings. The Labute approximate surface area is 204 Å². The number of ketones is 1. The van der Waals surface area contributed by atoms with E-state index < -0.39 is 23.5 Å². The SMILES string of the molecule is COc1ccc(/C(O)=C2\C(=O)C(=O)N(c3cc(Cl)cc(Cl)c3)C2c2cccc(O)c2)cc1Cl. The van der Waals surface area contributed by atoms with Gasteiger partial charge in [0.05, 0.1) is 23.7 Å². The second-order valence-electron chi connectivity index (χ2n) is 7.24. The molecule has 3 aromatic carbocycles. The lowest BCUT2D eigenvalue weighted by Crippen LogP contribution is -2.29. The van der Waals surface area contributed by atoms with Crippen molar-refractivity contribution in [2.24, 2.45) is 0 Å². The third kappa shape index (κ3) is 4.25. The zero-order chi connectivity index (χ0) is 23.9. The van der Waals surface area contributed by atoms with Crippen LogP contribution in [-0.2, 0) is 9.59 Å². The first-order valence-corrected chi connectivity index (χ1v) is 10.7. The molecular weight excluding hydrogens is 489 g/mol. The van der Waals surface area contributed by atoms with Gasteiger partial charge in [-0.25, -0.2) is 0 Å². The number of hydrogen-bond donors (Lipinski definition) is 2. The number of carbonyl (C=O) groups excluding carboxylic acids is 2. The number of carbonyl (C=O) groups is 2. The van der Waals surface area contributed by atoms with E-state index in [1.165, 1.54) is 60.5 Å². The van der Waals surface area contributed by atoms with E-state index in [1.807, 2.05) is 0 Å². The molecule has 1 aliphatic heterocycles. The van der Waals surface area contributed by atoms with Crippen molar-refractivity contribution in [1.82, 2.24) is 0 Å². The monoisotopic (exact) mass is 503 g/mol. The molecule has 1 atom stereocenters. The lowest BCUT2D eigenvalue weighted by Gasteiger charge is -2.26. The maximum atomic E-state index is 13.2. The highest BCUT2D eigenvalue weighted by Crippen LogP contribution is 2.44. The van der Waals surface area contributed by atoms with Gasteiger partial charge >= 0.3 is 0 Å². The number of aliphatic hydroxyl groups excluding tert-OH is 1. The normalized spacial score (nSPS) is 17.5. The first-order chi connectivity index (χ1) is 15.7. The van der Waals surface area contributed by atoms with Crippen LogP contribution in [0.15, 0.2) is 66.2 Å². The van der Waals surface area contributed by atoms with E-state index in [1.54, 1.807) is 12.1 Å². The quantitative estimate of drug-likeness (QED) is 0.259. The van der Waals surface area contributed by atoms with Crippen LogP contribution in [0.2, 0.25) is 15.1 Å². The molecular formula is C24H16Cl3NO5. The number of aliphatic hydroxyl groups is 1. The number of halogens is 3. The summed E-state index contributed by atoms with van der Waals surface area (Å²) in [6.45, 7) is 0. The number of phenols is 1. The number of ether oxygens (including phenoxy) is 1. The third-order valence-corrected chi connectivity index (χ3v) is 5.91. The molecule has 3 aromatic rings. The number of hydrogen-bond acceptors (Lipinski definition) is 5. The summed E-state index contributed by atoms with van der Waals surface area (Å²) >= 11 is 18.5. The average molecular weight is 505 g/mol. The fourth-order valence-corrected chi connectivity index (χ4v) is 4.53. The van der Waals surface area contributed by atoms with Gasteiger partial charge in [0.15, 0.2) is 0 Å². The number of phenolic OH excluding ortho intramolecular Hbond substituents is 1. The van der Waals surface area contributed by atoms with E-state index in [4.69, 9.17) is 39.5 Å². The molecule has 6 nitrogen and oxygen atoms in total. The van der Waals surface area contributed by atoms with Gasteiger partial charge in [-0.1, -0.05) is 46.9 Å². The summed E-state index contributed by atoms with van der Waals surface area (Å²) in [5.74, 6) is -1.92. The van der Waals surface area contributed by atoms with E-state index in [0.29, 0.717) is 11.3 Å². The number of aromatic hydroxyl groups is 1. The Bertz CT molecular complexity index is 1300. The Kier molecular flexibility index (Phi) is 6.26. The molecule has 168 valence electrons. The molecule has 0 aliphatic carbocycles. The molecule has 9 heteroatoms. The maximum absolute atomic E-state index is 13.2. The standard InChI is InChI=1S/C24H16Cl3NO5/c1-33-19-6-5-13(8-18(19)27)22(30)20-21(12-3-2-4-17(29)7-12)28(24(32)23(20)31)16-10-14(25)9-15(26)11-16/h2-11,21,29-30H,1H3/b22-20+. The van der Waals surface area contributed by atoms with Crippen LogP contribution in [0.25, 0.3) is 5.76 Å². The second-order valence-corrected chi connectivity index (χ2v) is 8.52. The first kappa shape index (κ1) is 23.0. The van der Waals surface area contributed by atoms with Crippen LogP contribution in [-0.4, -0.2) is 29.0 Å². The molecule has 1 unspecified atom stereocenters. The minimum absolute atomic E-state index is 0.0743. The van der Waals surface area contributed by atoms with Gasteiger partial charge < -0.3 is 14.9 Å². The van der Waals surface area contributed by atoms with Gasteiger partial charge in [-0.15, -0.1) is 0 Å². The molecule has 1 fully saturated rings. The minimum atomic E-state index is -1.06. The van der Waals surface area contributed by atoms with E-state index in [9.17, 15) is 19.8 Å². The van der Waals surface area contributed by atoms with E-state index in [0.717, 1.165) is 0 Å². The summed E-state index contributed by atoms with van der Waals surface area (Å²) in [7, 11) is 1.45. The Hall–Kier alpha value is -3.19. The van der Waals surface area contributed by atoms with Crippen LogP contribution in [0.1, 0.15) is 17.2 Å². The predicted molar refractivity (Wildman–Crippen MR) is 127 cm³/mol. The first-order valence-electron chi connectivity index (χ1n) is 9.61. The second kappa shape index (κ2) is 8.98. The molecule has 0 saturated carbocycles. The van der Waals surface area contributed by atoms with Gasteiger partial charge in [-0.05, 0) is 54.1 Å². The largest absolute Gasteiger partial charge is 0.508 e. The highest BCUT2D eigenvalue weighted by atomic mass is 35.5. The van der Waals surface area contributed by atoms with Crippen LogP contribution in [0, 0.1) is 0 Å². The van der Waals surface area contributed by atoms with Crippen molar-refractivity contribution in [2.45, 2.75) is 6.04 Å². The van der Waals surface area contributed by atoms with Gasteiger partial charge in [0, 0.05) is 21.3 Å². The molecule has 0 bridgehead atoms. The van der Waals surface area contributed by atoms with Gasteiger partial charge in [-0.3, -0.25) is 14.5 Å². The van der Waals surface area contributed by atoms with Gasteiger partial charge in [0.2, 0.25) is 0 Å². The number of methoxy groups -OCH3 is 1. The van der Waals surface area contributed by atoms with Crippen LogP contribution >= 0.6 is 34.8 Å². The van der Waals surface area contributed by atoms with E-state index >= 15 is 0 Å². The van der Waals surface area contributed by atoms with Crippen LogP contribution in [0.4, 0.5) is 5.69 Å². The Morgan fingerprint density at radius 3 is 2.27 bits per heavy atom. The van der Waals surface area contributed by atoms with Crippen molar-refractivity contribution >= 4 is 57.9 Å². The number of Topliss-reactive ketones (excluding diaryl/α,β-unsaturated/α-hetero) is 1. The Balaban J connectivity index is 1.97. The zero-order valence-electron chi connectivity index (χ0n) is 17.1. The van der Waals surface area contributed by atoms with Crippen molar-refractivity contribution in [2.75, 3.05) is 12.0 Å². The van der Waals surface area contributed by atoms with Crippen molar-refractivity contribution in [1.29, 1.82) is 0 Å². The Morgan fingerprint density at radius 2 is 1.67 bits per heavy atom. The van der Waals surface area contributed by atoms with Crippen LogP contribution in [0.3, 0.4) is 0 Å². The number of rotatable bonds is 4. The minimum Gasteiger partial charge on any atom is -0.508 e. The van der Waals surface area contributed by atoms with Crippen molar-refractivity contribution in [3.63, 3.8) is 0 Å². The summed E-state index contributed by atoms with van der Waals surface area (Å²) in [6.07, 6.45) is 0. The fraction of sp³-hybridized carbons (Fsp3) is 0.0833. The van der Waals surface area contributed by atoms with Crippen molar-refractivity contribution in [3.05, 3.63) is 92.4 Å². The molecule has 1 saturated heterocycles. The molecule has 1 amide bonds. The van der Waals surface area contributed by atoms with Crippen LogP contribution < -0.4 is 9.64 Å². The van der Waals surface area contributed by atoms with Crippen molar-refractivity contribution < 1.29 is 24.5 Å². The average Bonchev–Trinajstić information content (AvgIpc) is 3.03. The number of anilines is 1. The third-order valence-electron chi connectivity index (χ3n) is 5.18. The summed E-state index contributed by atoms with van der Waals surface area (Å²) in [5, 5.41) is 21.9. The molecule has 33 heavy (non-hydrogen) atoms. The fourth-order valence-electron chi connectivity index (χ4n) is 3.76. The van der Waals surface area contributed by atoms with Crippen molar-refractivity contribution in [3.8, 4) is 11.5 Å². The predicted octanol–water partition coefficient (Wildman–Crippen LogP) is 5.99. The van der Waals surface area contributed by atoms with E-state index in [2.05, 4.69) is 0 Å². The summed E-state index contributed by atoms with van der Waals surface area (Å²) < 4.78 is 5.13. The summed E-state index contributed by atoms with van der Waals surface area (Å²) in [6, 6.07) is 13.9. The summed E-state index contributed by atoms with van der Waals surface area (Å²) in [4.78, 5) is 27.5. The molecule has 0 radical (unpaired) electrons. The van der Waals surface area contributed by atoms with Crippen LogP contribution in [0.5, 0.6) is 11.5 Å². The summed E-state index contributed by atoms with van der Waals surface area (Å²) in [5.41, 5.74) is 0.692. The number of nitrogens with zero attached hydrogens (tertiary/aromatic N) is 1.